The van der Waals surface area contributed by atoms with Gasteiger partial charge in [0.25, 0.3) is 0 Å². The van der Waals surface area contributed by atoms with Crippen LogP contribution in [0.15, 0.2) is 24.4 Å². The Hall–Kier alpha value is -2.17. The van der Waals surface area contributed by atoms with E-state index in [1.807, 2.05) is 31.4 Å². The van der Waals surface area contributed by atoms with Crippen molar-refractivity contribution in [3.05, 3.63) is 30.1 Å². The normalized spacial score (nSPS) is 10.4. The predicted octanol–water partition coefficient (Wildman–Crippen LogP) is 2.32. The number of ether oxygens (including phenoxy) is 1. The van der Waals surface area contributed by atoms with Crippen LogP contribution in [-0.2, 0) is 13.5 Å². The number of hydrogen-bond donors (Lipinski definition) is 2. The number of hydrogen-bond acceptors (Lipinski definition) is 4. The van der Waals surface area contributed by atoms with Gasteiger partial charge in [-0.3, -0.25) is 4.68 Å². The first kappa shape index (κ1) is 12.3. The maximum atomic E-state index is 5.95. The summed E-state index contributed by atoms with van der Waals surface area (Å²) in [4.78, 5) is 0. The van der Waals surface area contributed by atoms with Gasteiger partial charge in [-0.1, -0.05) is 6.92 Å². The molecule has 3 N–H and O–H groups in total. The average molecular weight is 246 g/mol. The summed E-state index contributed by atoms with van der Waals surface area (Å²) in [6.07, 6.45) is 2.81. The Labute approximate surface area is 107 Å². The van der Waals surface area contributed by atoms with Gasteiger partial charge in [-0.25, -0.2) is 0 Å². The third-order valence-electron chi connectivity index (χ3n) is 2.77. The van der Waals surface area contributed by atoms with E-state index in [1.165, 1.54) is 0 Å². The summed E-state index contributed by atoms with van der Waals surface area (Å²) in [6, 6.07) is 5.54. The predicted molar refractivity (Wildman–Crippen MR) is 73.3 cm³/mol. The zero-order valence-corrected chi connectivity index (χ0v) is 10.9. The number of aromatic nitrogens is 2. The summed E-state index contributed by atoms with van der Waals surface area (Å²) in [5, 5.41) is 7.68. The number of anilines is 3. The third-order valence-corrected chi connectivity index (χ3v) is 2.77. The molecule has 1 heterocycles. The van der Waals surface area contributed by atoms with Gasteiger partial charge in [0.05, 0.1) is 29.9 Å². The largest absolute Gasteiger partial charge is 0.497 e. The molecule has 0 saturated heterocycles. The first-order valence-electron chi connectivity index (χ1n) is 5.87. The van der Waals surface area contributed by atoms with Gasteiger partial charge in [-0.05, 0) is 18.6 Å². The lowest BCUT2D eigenvalue weighted by atomic mass is 10.2. The van der Waals surface area contributed by atoms with Crippen molar-refractivity contribution >= 4 is 17.1 Å². The number of nitrogen functional groups attached to an aromatic ring is 1. The Balaban J connectivity index is 2.32. The SMILES string of the molecule is CCc1nn(C)cc1Nc1cc(OC)ccc1N. The molecule has 5 nitrogen and oxygen atoms in total. The van der Waals surface area contributed by atoms with Crippen LogP contribution in [0.2, 0.25) is 0 Å². The molecule has 1 aromatic heterocycles. The smallest absolute Gasteiger partial charge is 0.121 e. The van der Waals surface area contributed by atoms with Crippen molar-refractivity contribution in [1.82, 2.24) is 9.78 Å². The first-order chi connectivity index (χ1) is 8.63. The van der Waals surface area contributed by atoms with E-state index < -0.39 is 0 Å². The van der Waals surface area contributed by atoms with Crippen molar-refractivity contribution in [2.24, 2.45) is 7.05 Å². The van der Waals surface area contributed by atoms with E-state index in [9.17, 15) is 0 Å². The van der Waals surface area contributed by atoms with Crippen LogP contribution in [0.4, 0.5) is 17.1 Å². The van der Waals surface area contributed by atoms with E-state index in [2.05, 4.69) is 17.3 Å². The Bertz CT molecular complexity index is 548. The molecule has 0 fully saturated rings. The molecule has 18 heavy (non-hydrogen) atoms. The van der Waals surface area contributed by atoms with Crippen molar-refractivity contribution in [1.29, 1.82) is 0 Å². The molecule has 0 unspecified atom stereocenters. The Morgan fingerprint density at radius 2 is 2.17 bits per heavy atom. The van der Waals surface area contributed by atoms with E-state index in [1.54, 1.807) is 11.8 Å². The summed E-state index contributed by atoms with van der Waals surface area (Å²) in [5.41, 5.74) is 9.44. The van der Waals surface area contributed by atoms with Crippen LogP contribution in [-0.4, -0.2) is 16.9 Å². The highest BCUT2D eigenvalue weighted by atomic mass is 16.5. The standard InChI is InChI=1S/C13H18N4O/c1-4-11-13(8-17(2)16-11)15-12-7-9(18-3)5-6-10(12)14/h5-8,15H,4,14H2,1-3H3. The van der Waals surface area contributed by atoms with E-state index in [0.29, 0.717) is 5.69 Å². The summed E-state index contributed by atoms with van der Waals surface area (Å²) in [5.74, 6) is 0.772. The molecule has 0 amide bonds. The number of benzene rings is 1. The second-order valence-electron chi connectivity index (χ2n) is 4.09. The van der Waals surface area contributed by atoms with Crippen molar-refractivity contribution in [2.75, 3.05) is 18.2 Å². The maximum absolute atomic E-state index is 5.95. The topological polar surface area (TPSA) is 65.1 Å². The number of rotatable bonds is 4. The zero-order valence-electron chi connectivity index (χ0n) is 10.9. The van der Waals surface area contributed by atoms with Crippen LogP contribution < -0.4 is 15.8 Å². The second kappa shape index (κ2) is 5.00. The molecular formula is C13H18N4O. The highest BCUT2D eigenvalue weighted by molar-refractivity contribution is 5.74. The fourth-order valence-electron chi connectivity index (χ4n) is 1.82. The molecule has 0 saturated carbocycles. The van der Waals surface area contributed by atoms with Gasteiger partial charge in [0.15, 0.2) is 0 Å². The van der Waals surface area contributed by atoms with Gasteiger partial charge in [0.1, 0.15) is 5.75 Å². The summed E-state index contributed by atoms with van der Waals surface area (Å²) in [6.45, 7) is 2.07. The average Bonchev–Trinajstić information content (AvgIpc) is 2.72. The number of nitrogens with one attached hydrogen (secondary N) is 1. The molecule has 2 aromatic rings. The fraction of sp³-hybridized carbons (Fsp3) is 0.308. The molecule has 0 bridgehead atoms. The number of nitrogens with zero attached hydrogens (tertiary/aromatic N) is 2. The van der Waals surface area contributed by atoms with Gasteiger partial charge in [0, 0.05) is 19.3 Å². The van der Waals surface area contributed by atoms with Crippen LogP contribution >= 0.6 is 0 Å². The summed E-state index contributed by atoms with van der Waals surface area (Å²) in [7, 11) is 3.54. The van der Waals surface area contributed by atoms with Crippen molar-refractivity contribution < 1.29 is 4.74 Å². The minimum atomic E-state index is 0.682. The molecular weight excluding hydrogens is 228 g/mol. The van der Waals surface area contributed by atoms with E-state index in [0.717, 1.165) is 29.2 Å². The molecule has 0 aliphatic carbocycles. The minimum absolute atomic E-state index is 0.682. The maximum Gasteiger partial charge on any atom is 0.121 e. The lowest BCUT2D eigenvalue weighted by Crippen LogP contribution is -1.98. The van der Waals surface area contributed by atoms with Gasteiger partial charge in [0.2, 0.25) is 0 Å². The lowest BCUT2D eigenvalue weighted by Gasteiger charge is -2.10. The van der Waals surface area contributed by atoms with E-state index in [-0.39, 0.29) is 0 Å². The van der Waals surface area contributed by atoms with Crippen LogP contribution in [0.5, 0.6) is 5.75 Å². The number of methoxy groups -OCH3 is 1. The Morgan fingerprint density at radius 3 is 2.83 bits per heavy atom. The molecule has 0 radical (unpaired) electrons. The molecule has 0 aliphatic heterocycles. The quantitative estimate of drug-likeness (QED) is 0.812. The lowest BCUT2D eigenvalue weighted by molar-refractivity contribution is 0.415. The van der Waals surface area contributed by atoms with Crippen LogP contribution in [0.1, 0.15) is 12.6 Å². The van der Waals surface area contributed by atoms with Crippen molar-refractivity contribution in [3.63, 3.8) is 0 Å². The zero-order chi connectivity index (χ0) is 13.1. The summed E-state index contributed by atoms with van der Waals surface area (Å²) < 4.78 is 6.98. The highest BCUT2D eigenvalue weighted by Crippen LogP contribution is 2.28. The Kier molecular flexibility index (Phi) is 3.41. The minimum Gasteiger partial charge on any atom is -0.497 e. The fourth-order valence-corrected chi connectivity index (χ4v) is 1.82. The number of nitrogens with two attached hydrogens (primary N) is 1. The van der Waals surface area contributed by atoms with Crippen LogP contribution in [0.3, 0.4) is 0 Å². The van der Waals surface area contributed by atoms with Crippen LogP contribution in [0, 0.1) is 0 Å². The van der Waals surface area contributed by atoms with E-state index in [4.69, 9.17) is 10.5 Å². The van der Waals surface area contributed by atoms with Gasteiger partial charge in [-0.15, -0.1) is 0 Å². The monoisotopic (exact) mass is 246 g/mol. The van der Waals surface area contributed by atoms with Crippen LogP contribution in [0.25, 0.3) is 0 Å². The van der Waals surface area contributed by atoms with Gasteiger partial charge in [-0.2, -0.15) is 5.10 Å². The molecule has 2 rings (SSSR count). The second-order valence-corrected chi connectivity index (χ2v) is 4.09. The molecule has 0 aliphatic rings. The van der Waals surface area contributed by atoms with Crippen molar-refractivity contribution in [3.8, 4) is 5.75 Å². The molecule has 1 aromatic carbocycles. The highest BCUT2D eigenvalue weighted by Gasteiger charge is 2.08. The number of aryl methyl sites for hydroxylation is 2. The van der Waals surface area contributed by atoms with Gasteiger partial charge < -0.3 is 15.8 Å². The first-order valence-corrected chi connectivity index (χ1v) is 5.87. The van der Waals surface area contributed by atoms with Gasteiger partial charge >= 0.3 is 0 Å². The molecule has 5 heteroatoms. The van der Waals surface area contributed by atoms with E-state index >= 15 is 0 Å². The molecule has 0 atom stereocenters. The molecule has 96 valence electrons. The van der Waals surface area contributed by atoms with Crippen molar-refractivity contribution in [2.45, 2.75) is 13.3 Å². The summed E-state index contributed by atoms with van der Waals surface area (Å²) >= 11 is 0. The molecule has 0 spiro atoms. The third kappa shape index (κ3) is 2.40. The Morgan fingerprint density at radius 1 is 1.39 bits per heavy atom.